The van der Waals surface area contributed by atoms with Crippen LogP contribution in [0.5, 0.6) is 0 Å². The third-order valence-corrected chi connectivity index (χ3v) is 13.0. The van der Waals surface area contributed by atoms with E-state index in [4.69, 9.17) is 84.2 Å². The number of esters is 4. The number of halogens is 1. The number of alkyl halides is 1. The van der Waals surface area contributed by atoms with Crippen molar-refractivity contribution < 1.29 is 170 Å². The molecule has 39 heteroatoms. The minimum absolute atomic E-state index is 0. The second kappa shape index (κ2) is 133. The normalized spacial score (nSPS) is 9.47. The van der Waals surface area contributed by atoms with E-state index in [1.165, 1.54) is 80.4 Å². The third-order valence-electron chi connectivity index (χ3n) is 12.4. The number of likely N-dealkylation sites (N-methyl/N-ethyl adjacent to an activating group) is 1. The van der Waals surface area contributed by atoms with Crippen LogP contribution < -0.4 is 16.0 Å². The lowest BCUT2D eigenvalue weighted by Gasteiger charge is -2.03. The number of amides is 2. The lowest BCUT2D eigenvalue weighted by molar-refractivity contribution is -0.148. The quantitative estimate of drug-likeness (QED) is 0.0137. The average molecular weight is 1770 g/mol. The fourth-order valence-electron chi connectivity index (χ4n) is 6.44. The second-order valence-electron chi connectivity index (χ2n) is 21.9. The van der Waals surface area contributed by atoms with Crippen molar-refractivity contribution in [2.75, 3.05) is 254 Å². The highest BCUT2D eigenvalue weighted by Gasteiger charge is 2.04. The van der Waals surface area contributed by atoms with Crippen LogP contribution in [0.2, 0.25) is 0 Å². The van der Waals surface area contributed by atoms with E-state index >= 15 is 0 Å². The van der Waals surface area contributed by atoms with Gasteiger partial charge in [-0.25, -0.2) is 24.0 Å². The molecule has 0 rings (SSSR count). The van der Waals surface area contributed by atoms with Crippen molar-refractivity contribution in [3.05, 3.63) is 0 Å². The van der Waals surface area contributed by atoms with Gasteiger partial charge in [-0.15, -0.1) is 0 Å². The largest absolute Gasteiger partial charge is 0.507 e. The number of carbonyl (C=O) groups is 10. The van der Waals surface area contributed by atoms with E-state index in [0.717, 1.165) is 103 Å². The molecule has 0 fully saturated rings. The maximum atomic E-state index is 10.7. The van der Waals surface area contributed by atoms with Crippen molar-refractivity contribution in [2.24, 2.45) is 0 Å². The molecule has 0 atom stereocenters. The molecule has 682 valence electrons. The van der Waals surface area contributed by atoms with Crippen LogP contribution in [-0.4, -0.2) is 364 Å². The minimum atomic E-state index is -0.705. The van der Waals surface area contributed by atoms with E-state index in [1.54, 1.807) is 28.4 Å². The molecule has 0 unspecified atom stereocenters. The Bertz CT molecular complexity index is 1830. The fourth-order valence-corrected chi connectivity index (χ4v) is 6.75. The Morgan fingerprint density at radius 1 is 0.310 bits per heavy atom. The number of rotatable bonds is 60. The van der Waals surface area contributed by atoms with Crippen molar-refractivity contribution in [1.82, 2.24) is 16.0 Å². The first-order chi connectivity index (χ1) is 54.0. The molecule has 0 aromatic rings. The predicted octanol–water partition coefficient (Wildman–Crippen LogP) is 3.12. The molecule has 0 radical (unpaired) electrons. The van der Waals surface area contributed by atoms with Gasteiger partial charge in [0.05, 0.1) is 112 Å². The van der Waals surface area contributed by atoms with Crippen LogP contribution in [-0.2, 0) is 109 Å². The number of methoxy groups -OCH3 is 8. The molecule has 0 spiro atoms. The number of hydrogen-bond donors (Lipinski definition) is 13. The number of ether oxygens (including phenoxy) is 15. The summed E-state index contributed by atoms with van der Waals surface area (Å²) < 4.78 is 70.1. The zero-order chi connectivity index (χ0) is 87.3. The van der Waals surface area contributed by atoms with Crippen molar-refractivity contribution >= 4 is 82.0 Å². The zero-order valence-corrected chi connectivity index (χ0v) is 71.5. The first-order valence-corrected chi connectivity index (χ1v) is 38.8. The number of aliphatic hydroxyl groups is 10. The van der Waals surface area contributed by atoms with Crippen LogP contribution in [0.25, 0.3) is 0 Å². The second-order valence-corrected chi connectivity index (χ2v) is 22.6. The van der Waals surface area contributed by atoms with Gasteiger partial charge in [-0.3, -0.25) is 24.0 Å². The molecular formula is C74H154IN3O35. The SMILES string of the molecule is C.CCCCCCCCC(=O)CO.CNC(=O)CO.CNCCCCOC(=O)CO.COC(=O)CI.COC(=O)NCCOCCO.COC(=O)OCCCO.COCCCCC(=O)CO.COCCCCCCCCC(=O)CO.COCCCCCCOC(=O)CO.COCCOC(=O)CO.COCCOCCOCCO. The molecule has 0 aliphatic heterocycles. The maximum Gasteiger partial charge on any atom is 0.507 e. The first-order valence-electron chi connectivity index (χ1n) is 37.3. The minimum Gasteiger partial charge on any atom is -0.468 e. The van der Waals surface area contributed by atoms with Gasteiger partial charge < -0.3 is 138 Å². The summed E-state index contributed by atoms with van der Waals surface area (Å²) in [4.78, 5) is 103. The molecular weight excluding hydrogens is 1620 g/mol. The maximum absolute atomic E-state index is 10.7. The lowest BCUT2D eigenvalue weighted by atomic mass is 10.1. The molecule has 0 aromatic carbocycles. The Balaban J connectivity index is -0.0000000999. The summed E-state index contributed by atoms with van der Waals surface area (Å²) in [7, 11) is 15.4. The molecule has 0 aliphatic rings. The number of nitrogens with one attached hydrogen (secondary N) is 3. The van der Waals surface area contributed by atoms with Crippen LogP contribution in [0.4, 0.5) is 9.59 Å². The summed E-state index contributed by atoms with van der Waals surface area (Å²) in [6.07, 6.45) is 22.3. The van der Waals surface area contributed by atoms with Gasteiger partial charge in [-0.1, -0.05) is 101 Å². The third kappa shape index (κ3) is 167. The van der Waals surface area contributed by atoms with Crippen molar-refractivity contribution in [2.45, 2.75) is 168 Å². The highest BCUT2D eigenvalue weighted by atomic mass is 127. The highest BCUT2D eigenvalue weighted by molar-refractivity contribution is 14.1. The summed E-state index contributed by atoms with van der Waals surface area (Å²) in [5.74, 6) is -2.38. The standard InChI is InChI=1S/C11H22O3.C10H20O2.C9H18O4.C7H15NO3.C7H16O4.C7H14O3.C6H13NO4.2C5H10O4.C3H5IO2.C3H7NO2.CH4/c1-14-9-7-5-3-2-4-6-8-11(13)10-12;1-2-3-4-5-6-7-8-10(12)9-11;1-12-6-4-2-3-5-7-13-9(11)8-10;1-8-4-2-3-5-11-7(10)6-9;1-9-4-5-11-7-6-10-3-2-8;1-10-5-3-2-4-7(9)6-8;1-10-6(9)7-2-4-11-5-3-8;1-8-2-3-9-5(7)4-6;1-8-5(7)9-4-2-3-6;1-6-3(5)2-4;1-4-3(6)2-5;/h12H,2-10H2,1H3;11H,2-9H2,1H3;10H,2-8H2,1H3;8-9H,2-6H2,1H3;8H,2-7H2,1H3;8H,2-6H2,1H3;8H,2-5H2,1H3,(H,7,9);2*6H,2-4H2,1H3;2H2,1H3;5H,2H2,1H3,(H,4,6);1H4. The van der Waals surface area contributed by atoms with Crippen LogP contribution in [0, 0.1) is 0 Å². The average Bonchev–Trinajstić information content (AvgIpc) is 1.54. The molecule has 13 N–H and O–H groups in total. The number of alkyl carbamates (subject to hydrolysis) is 1. The summed E-state index contributed by atoms with van der Waals surface area (Å²) in [6, 6.07) is 0. The van der Waals surface area contributed by atoms with Gasteiger partial charge in [0.2, 0.25) is 5.91 Å². The topological polar surface area (TPSA) is 548 Å². The van der Waals surface area contributed by atoms with E-state index in [-0.39, 0.29) is 89.5 Å². The first kappa shape index (κ1) is 134. The van der Waals surface area contributed by atoms with E-state index in [0.29, 0.717) is 109 Å². The molecule has 38 nitrogen and oxygen atoms in total. The molecule has 0 saturated carbocycles. The number of aliphatic hydroxyl groups excluding tert-OH is 10. The monoisotopic (exact) mass is 1770 g/mol. The number of unbranched alkanes of at least 4 members (excludes halogenated alkanes) is 15. The van der Waals surface area contributed by atoms with Gasteiger partial charge in [0, 0.05) is 101 Å². The Kier molecular flexibility index (Phi) is 158. The Morgan fingerprint density at radius 3 is 0.982 bits per heavy atom. The molecule has 0 heterocycles. The number of carbonyl (C=O) groups excluding carboxylic acids is 10. The summed E-state index contributed by atoms with van der Waals surface area (Å²) in [6.45, 7) is 7.95. The number of ketones is 3. The zero-order valence-electron chi connectivity index (χ0n) is 69.3. The Labute approximate surface area is 687 Å². The predicted molar refractivity (Wildman–Crippen MR) is 431 cm³/mol. The lowest BCUT2D eigenvalue weighted by Crippen LogP contribution is -2.27. The number of hydrogen-bond acceptors (Lipinski definition) is 36. The molecule has 2 amide bonds. The van der Waals surface area contributed by atoms with E-state index < -0.39 is 56.6 Å². The fraction of sp³-hybridized carbons (Fsp3) is 0.865. The van der Waals surface area contributed by atoms with Gasteiger partial charge in [0.1, 0.15) is 52.9 Å². The van der Waals surface area contributed by atoms with Crippen LogP contribution >= 0.6 is 22.6 Å². The molecule has 0 aromatic heterocycles. The van der Waals surface area contributed by atoms with Crippen molar-refractivity contribution in [3.63, 3.8) is 0 Å². The van der Waals surface area contributed by atoms with Crippen LogP contribution in [0.1, 0.15) is 168 Å². The van der Waals surface area contributed by atoms with Crippen molar-refractivity contribution in [1.29, 1.82) is 0 Å². The van der Waals surface area contributed by atoms with Gasteiger partial charge in [-0.2, -0.15) is 0 Å². The molecule has 0 aliphatic carbocycles. The van der Waals surface area contributed by atoms with Gasteiger partial charge in [0.25, 0.3) is 0 Å². The van der Waals surface area contributed by atoms with E-state index in [2.05, 4.69) is 60.8 Å². The molecule has 0 bridgehead atoms. The highest BCUT2D eigenvalue weighted by Crippen LogP contribution is 2.08. The smallest absolute Gasteiger partial charge is 0.468 e. The van der Waals surface area contributed by atoms with E-state index in [9.17, 15) is 47.9 Å². The van der Waals surface area contributed by atoms with Crippen LogP contribution in [0.3, 0.4) is 0 Å². The Hall–Kier alpha value is -5.13. The molecule has 113 heavy (non-hydrogen) atoms. The summed E-state index contributed by atoms with van der Waals surface area (Å²) >= 11 is 1.94. The van der Waals surface area contributed by atoms with Crippen molar-refractivity contribution in [3.8, 4) is 0 Å². The van der Waals surface area contributed by atoms with Crippen LogP contribution in [0.15, 0.2) is 0 Å². The van der Waals surface area contributed by atoms with Gasteiger partial charge in [-0.05, 0) is 77.8 Å². The summed E-state index contributed by atoms with van der Waals surface area (Å²) in [5, 5.41) is 90.3. The van der Waals surface area contributed by atoms with Gasteiger partial charge >= 0.3 is 36.1 Å². The Morgan fingerprint density at radius 2 is 0.655 bits per heavy atom. The van der Waals surface area contributed by atoms with Gasteiger partial charge in [0.15, 0.2) is 17.3 Å². The molecule has 0 saturated heterocycles. The summed E-state index contributed by atoms with van der Waals surface area (Å²) in [5.41, 5.74) is 0. The van der Waals surface area contributed by atoms with E-state index in [1.807, 2.05) is 29.6 Å². The number of Topliss-reactive ketones (excluding diaryl/α,β-unsaturated/α-hetero) is 3.